The van der Waals surface area contributed by atoms with E-state index in [0.717, 1.165) is 25.8 Å². The minimum Gasteiger partial charge on any atom is -0.487 e. The van der Waals surface area contributed by atoms with Crippen LogP contribution in [-0.2, 0) is 13.2 Å². The number of ether oxygens (including phenoxy) is 1. The normalized spacial score (nSPS) is 10.8. The summed E-state index contributed by atoms with van der Waals surface area (Å²) in [7, 11) is 0. The van der Waals surface area contributed by atoms with Gasteiger partial charge in [0.1, 0.15) is 12.4 Å². The second kappa shape index (κ2) is 9.49. The Morgan fingerprint density at radius 1 is 0.903 bits per heavy atom. The number of nitrogens with zero attached hydrogens (tertiary/aromatic N) is 1. The summed E-state index contributed by atoms with van der Waals surface area (Å²) in [4.78, 5) is 10.5. The highest BCUT2D eigenvalue weighted by atomic mass is 79.9. The summed E-state index contributed by atoms with van der Waals surface area (Å²) in [6, 6.07) is 24.9. The molecule has 0 bridgehead atoms. The molecular formula is C24H18Br2N2O3. The molecule has 0 atom stereocenters. The van der Waals surface area contributed by atoms with Gasteiger partial charge in [0.2, 0.25) is 0 Å². The van der Waals surface area contributed by atoms with Crippen molar-refractivity contribution < 1.29 is 9.66 Å². The molecule has 5 nitrogen and oxygen atoms in total. The Hall–Kier alpha value is -2.90. The third kappa shape index (κ3) is 5.06. The number of rotatable bonds is 7. The fourth-order valence-corrected chi connectivity index (χ4v) is 4.86. The van der Waals surface area contributed by atoms with E-state index in [0.29, 0.717) is 18.8 Å². The van der Waals surface area contributed by atoms with Crippen LogP contribution >= 0.6 is 31.9 Å². The van der Waals surface area contributed by atoms with E-state index in [1.807, 2.05) is 30.3 Å². The highest BCUT2D eigenvalue weighted by molar-refractivity contribution is 9.11. The van der Waals surface area contributed by atoms with Crippen molar-refractivity contribution in [2.75, 3.05) is 5.32 Å². The Kier molecular flexibility index (Phi) is 6.53. The lowest BCUT2D eigenvalue weighted by Gasteiger charge is -2.14. The lowest BCUT2D eigenvalue weighted by atomic mass is 10.1. The molecule has 0 aliphatic rings. The molecule has 156 valence electrons. The van der Waals surface area contributed by atoms with Crippen LogP contribution in [0.4, 0.5) is 11.4 Å². The van der Waals surface area contributed by atoms with Crippen molar-refractivity contribution in [1.29, 1.82) is 0 Å². The maximum Gasteiger partial charge on any atom is 0.271 e. The molecule has 0 aromatic heterocycles. The van der Waals surface area contributed by atoms with Crippen LogP contribution in [0.1, 0.15) is 11.1 Å². The van der Waals surface area contributed by atoms with Crippen LogP contribution < -0.4 is 10.1 Å². The number of non-ortho nitro benzene ring substituents is 1. The molecule has 0 unspecified atom stereocenters. The highest BCUT2D eigenvalue weighted by Crippen LogP contribution is 2.36. The number of fused-ring (bicyclic) bond motifs is 1. The molecule has 0 aliphatic heterocycles. The summed E-state index contributed by atoms with van der Waals surface area (Å²) in [5.41, 5.74) is 2.87. The van der Waals surface area contributed by atoms with E-state index in [-0.39, 0.29) is 5.69 Å². The highest BCUT2D eigenvalue weighted by Gasteiger charge is 2.11. The van der Waals surface area contributed by atoms with Crippen molar-refractivity contribution in [3.8, 4) is 5.75 Å². The average Bonchev–Trinajstić information content (AvgIpc) is 2.77. The number of nitrogens with one attached hydrogen (secondary N) is 1. The van der Waals surface area contributed by atoms with Crippen molar-refractivity contribution >= 4 is 54.0 Å². The number of hydrogen-bond acceptors (Lipinski definition) is 4. The van der Waals surface area contributed by atoms with Gasteiger partial charge >= 0.3 is 0 Å². The lowest BCUT2D eigenvalue weighted by Crippen LogP contribution is -2.02. The number of nitro benzene ring substituents is 1. The maximum absolute atomic E-state index is 10.9. The van der Waals surface area contributed by atoms with Gasteiger partial charge in [-0.25, -0.2) is 0 Å². The molecule has 0 aliphatic carbocycles. The summed E-state index contributed by atoms with van der Waals surface area (Å²) in [5, 5.41) is 16.5. The van der Waals surface area contributed by atoms with Gasteiger partial charge in [-0.2, -0.15) is 0 Å². The number of benzene rings is 4. The minimum atomic E-state index is -0.402. The predicted molar refractivity (Wildman–Crippen MR) is 131 cm³/mol. The summed E-state index contributed by atoms with van der Waals surface area (Å²) in [5.74, 6) is 0.729. The zero-order valence-electron chi connectivity index (χ0n) is 16.3. The first-order valence-electron chi connectivity index (χ1n) is 9.57. The zero-order valence-corrected chi connectivity index (χ0v) is 19.5. The van der Waals surface area contributed by atoms with Gasteiger partial charge in [0.05, 0.1) is 13.9 Å². The van der Waals surface area contributed by atoms with Crippen LogP contribution in [0, 0.1) is 10.1 Å². The third-order valence-electron chi connectivity index (χ3n) is 4.86. The van der Waals surface area contributed by atoms with Gasteiger partial charge in [0, 0.05) is 24.4 Å². The fourth-order valence-electron chi connectivity index (χ4n) is 3.35. The standard InChI is InChI=1S/C24H18Br2N2O3/c25-22-11-16(14-27-19-8-4-9-20(13-19)28(29)30)12-23(26)24(22)31-15-18-7-3-6-17-5-1-2-10-21(17)18/h1-13,27H,14-15H2. The van der Waals surface area contributed by atoms with Crippen LogP contribution in [0.25, 0.3) is 10.8 Å². The number of halogens is 2. The average molecular weight is 542 g/mol. The van der Waals surface area contributed by atoms with Gasteiger partial charge in [0.25, 0.3) is 5.69 Å². The first-order valence-corrected chi connectivity index (χ1v) is 11.2. The van der Waals surface area contributed by atoms with Crippen LogP contribution in [0.2, 0.25) is 0 Å². The molecular weight excluding hydrogens is 524 g/mol. The zero-order chi connectivity index (χ0) is 21.8. The monoisotopic (exact) mass is 540 g/mol. The second-order valence-corrected chi connectivity index (χ2v) is 8.69. The topological polar surface area (TPSA) is 64.4 Å². The van der Waals surface area contributed by atoms with E-state index in [9.17, 15) is 10.1 Å². The molecule has 4 aromatic rings. The summed E-state index contributed by atoms with van der Waals surface area (Å²) >= 11 is 7.21. The maximum atomic E-state index is 10.9. The van der Waals surface area contributed by atoms with E-state index < -0.39 is 4.92 Å². The van der Waals surface area contributed by atoms with E-state index in [4.69, 9.17) is 4.74 Å². The molecule has 0 fully saturated rings. The van der Waals surface area contributed by atoms with E-state index in [1.54, 1.807) is 12.1 Å². The molecule has 31 heavy (non-hydrogen) atoms. The Morgan fingerprint density at radius 2 is 1.61 bits per heavy atom. The quantitative estimate of drug-likeness (QED) is 0.195. The van der Waals surface area contributed by atoms with Gasteiger partial charge in [-0.3, -0.25) is 10.1 Å². The molecule has 4 rings (SSSR count). The summed E-state index contributed by atoms with van der Waals surface area (Å²) in [6.45, 7) is 0.964. The number of nitro groups is 1. The molecule has 0 spiro atoms. The van der Waals surface area contributed by atoms with Gasteiger partial charge in [-0.1, -0.05) is 48.5 Å². The Labute approximate surface area is 196 Å². The van der Waals surface area contributed by atoms with Crippen LogP contribution in [0.5, 0.6) is 5.75 Å². The van der Waals surface area contributed by atoms with Crippen LogP contribution in [-0.4, -0.2) is 4.92 Å². The van der Waals surface area contributed by atoms with Gasteiger partial charge in [0.15, 0.2) is 0 Å². The lowest BCUT2D eigenvalue weighted by molar-refractivity contribution is -0.384. The number of hydrogen-bond donors (Lipinski definition) is 1. The van der Waals surface area contributed by atoms with Gasteiger partial charge in [-0.15, -0.1) is 0 Å². The van der Waals surface area contributed by atoms with Crippen molar-refractivity contribution in [3.63, 3.8) is 0 Å². The van der Waals surface area contributed by atoms with Crippen molar-refractivity contribution in [2.24, 2.45) is 0 Å². The fraction of sp³-hybridized carbons (Fsp3) is 0.0833. The molecule has 7 heteroatoms. The molecule has 0 radical (unpaired) electrons. The van der Waals surface area contributed by atoms with E-state index in [2.05, 4.69) is 61.4 Å². The third-order valence-corrected chi connectivity index (χ3v) is 6.04. The first-order chi connectivity index (χ1) is 15.0. The van der Waals surface area contributed by atoms with E-state index in [1.165, 1.54) is 22.9 Å². The van der Waals surface area contributed by atoms with Crippen molar-refractivity contribution in [3.05, 3.63) is 109 Å². The van der Waals surface area contributed by atoms with E-state index >= 15 is 0 Å². The summed E-state index contributed by atoms with van der Waals surface area (Å²) in [6.07, 6.45) is 0. The Balaban J connectivity index is 1.47. The molecule has 0 saturated heterocycles. The molecule has 0 heterocycles. The van der Waals surface area contributed by atoms with Gasteiger partial charge < -0.3 is 10.1 Å². The van der Waals surface area contributed by atoms with Crippen molar-refractivity contribution in [1.82, 2.24) is 0 Å². The van der Waals surface area contributed by atoms with Crippen LogP contribution in [0.15, 0.2) is 87.8 Å². The molecule has 0 saturated carbocycles. The summed E-state index contributed by atoms with van der Waals surface area (Å²) < 4.78 is 7.80. The second-order valence-electron chi connectivity index (χ2n) is 6.98. The largest absolute Gasteiger partial charge is 0.487 e. The molecule has 4 aromatic carbocycles. The SMILES string of the molecule is O=[N+]([O-])c1cccc(NCc2cc(Br)c(OCc3cccc4ccccc34)c(Br)c2)c1. The van der Waals surface area contributed by atoms with Crippen LogP contribution in [0.3, 0.4) is 0 Å². The smallest absolute Gasteiger partial charge is 0.271 e. The molecule has 0 amide bonds. The Morgan fingerprint density at radius 3 is 2.39 bits per heavy atom. The predicted octanol–water partition coefficient (Wildman–Crippen LogP) is 7.46. The minimum absolute atomic E-state index is 0.0598. The van der Waals surface area contributed by atoms with Crippen molar-refractivity contribution in [2.45, 2.75) is 13.2 Å². The Bertz CT molecular complexity index is 1230. The van der Waals surface area contributed by atoms with Gasteiger partial charge in [-0.05, 0) is 72.0 Å². The first kappa shape index (κ1) is 21.3. The molecule has 1 N–H and O–H groups in total. The number of anilines is 1.